The largest absolute Gasteiger partial charge is 0.482 e. The lowest BCUT2D eigenvalue weighted by atomic mass is 10.3. The zero-order valence-corrected chi connectivity index (χ0v) is 10.5. The van der Waals surface area contributed by atoms with Crippen LogP contribution < -0.4 is 10.2 Å². The quantitative estimate of drug-likeness (QED) is 0.844. The van der Waals surface area contributed by atoms with Crippen molar-refractivity contribution in [2.45, 2.75) is 0 Å². The second kappa shape index (κ2) is 5.94. The maximum atomic E-state index is 11.3. The summed E-state index contributed by atoms with van der Waals surface area (Å²) in [5.41, 5.74) is 2.54. The topological polar surface area (TPSA) is 41.6 Å². The van der Waals surface area contributed by atoms with Gasteiger partial charge in [0.05, 0.1) is 5.02 Å². The van der Waals surface area contributed by atoms with Crippen molar-refractivity contribution in [2.75, 3.05) is 20.7 Å². The molecule has 1 rings (SSSR count). The lowest BCUT2D eigenvalue weighted by molar-refractivity contribution is -0.126. The van der Waals surface area contributed by atoms with Crippen molar-refractivity contribution in [3.8, 4) is 5.75 Å². The zero-order chi connectivity index (χ0) is 12.1. The van der Waals surface area contributed by atoms with Crippen LogP contribution in [0, 0.1) is 0 Å². The van der Waals surface area contributed by atoms with E-state index in [0.717, 1.165) is 0 Å². The van der Waals surface area contributed by atoms with Crippen molar-refractivity contribution in [1.29, 1.82) is 0 Å². The first-order valence-corrected chi connectivity index (χ1v) is 5.30. The van der Waals surface area contributed by atoms with Gasteiger partial charge >= 0.3 is 0 Å². The highest BCUT2D eigenvalue weighted by Gasteiger charge is 2.08. The third kappa shape index (κ3) is 3.89. The second-order valence-corrected chi connectivity index (χ2v) is 4.06. The Morgan fingerprint density at radius 1 is 1.44 bits per heavy atom. The number of hydrogen-bond acceptors (Lipinski definition) is 3. The van der Waals surface area contributed by atoms with E-state index in [2.05, 4.69) is 5.43 Å². The predicted octanol–water partition coefficient (Wildman–Crippen LogP) is 1.96. The molecule has 0 aliphatic carbocycles. The molecule has 1 N–H and O–H groups in total. The van der Waals surface area contributed by atoms with Gasteiger partial charge in [0.25, 0.3) is 5.91 Å². The molecule has 0 radical (unpaired) electrons. The number of rotatable bonds is 4. The molecule has 6 heteroatoms. The van der Waals surface area contributed by atoms with Crippen LogP contribution in [0.4, 0.5) is 0 Å². The molecular weight excluding hydrogens is 251 g/mol. The lowest BCUT2D eigenvalue weighted by Crippen LogP contribution is -2.39. The first kappa shape index (κ1) is 13.1. The minimum Gasteiger partial charge on any atom is -0.482 e. The molecule has 0 spiro atoms. The van der Waals surface area contributed by atoms with Gasteiger partial charge in [0.2, 0.25) is 0 Å². The third-order valence-electron chi connectivity index (χ3n) is 1.62. The number of benzene rings is 1. The van der Waals surface area contributed by atoms with Crippen LogP contribution in [0.25, 0.3) is 0 Å². The first-order valence-electron chi connectivity index (χ1n) is 4.54. The van der Waals surface area contributed by atoms with Gasteiger partial charge in [0.15, 0.2) is 6.61 Å². The summed E-state index contributed by atoms with van der Waals surface area (Å²) in [5, 5.41) is 2.24. The van der Waals surface area contributed by atoms with Crippen LogP contribution in [-0.4, -0.2) is 31.6 Å². The van der Waals surface area contributed by atoms with Gasteiger partial charge in [-0.2, -0.15) is 0 Å². The van der Waals surface area contributed by atoms with Crippen molar-refractivity contribution < 1.29 is 9.53 Å². The molecule has 1 amide bonds. The summed E-state index contributed by atoms with van der Waals surface area (Å²) >= 11 is 11.7. The fraction of sp³-hybridized carbons (Fsp3) is 0.300. The number of halogens is 2. The van der Waals surface area contributed by atoms with Gasteiger partial charge in [-0.05, 0) is 12.1 Å². The van der Waals surface area contributed by atoms with E-state index in [1.54, 1.807) is 32.3 Å². The Morgan fingerprint density at radius 3 is 2.75 bits per heavy atom. The van der Waals surface area contributed by atoms with Crippen LogP contribution in [0.15, 0.2) is 18.2 Å². The number of ether oxygens (including phenoxy) is 1. The Balaban J connectivity index is 2.55. The number of nitrogens with zero attached hydrogens (tertiary/aromatic N) is 1. The molecule has 0 saturated carbocycles. The van der Waals surface area contributed by atoms with Gasteiger partial charge in [-0.15, -0.1) is 0 Å². The van der Waals surface area contributed by atoms with Crippen LogP contribution >= 0.6 is 23.2 Å². The third-order valence-corrected chi connectivity index (χ3v) is 2.42. The van der Waals surface area contributed by atoms with Gasteiger partial charge in [-0.1, -0.05) is 29.3 Å². The zero-order valence-electron chi connectivity index (χ0n) is 8.96. The van der Waals surface area contributed by atoms with Gasteiger partial charge < -0.3 is 4.74 Å². The van der Waals surface area contributed by atoms with Gasteiger partial charge in [0, 0.05) is 14.1 Å². The Kier molecular flexibility index (Phi) is 4.86. The molecule has 0 saturated heterocycles. The highest BCUT2D eigenvalue weighted by atomic mass is 35.5. The monoisotopic (exact) mass is 262 g/mol. The van der Waals surface area contributed by atoms with Crippen molar-refractivity contribution in [1.82, 2.24) is 10.4 Å². The van der Waals surface area contributed by atoms with Crippen molar-refractivity contribution >= 4 is 29.1 Å². The van der Waals surface area contributed by atoms with E-state index in [-0.39, 0.29) is 12.5 Å². The van der Waals surface area contributed by atoms with Gasteiger partial charge in [0.1, 0.15) is 10.8 Å². The normalized spacial score (nSPS) is 10.3. The highest BCUT2D eigenvalue weighted by Crippen LogP contribution is 2.31. The molecule has 0 aliphatic rings. The molecule has 4 nitrogen and oxygen atoms in total. The molecule has 0 aromatic heterocycles. The summed E-state index contributed by atoms with van der Waals surface area (Å²) in [7, 11) is 3.43. The van der Waals surface area contributed by atoms with E-state index >= 15 is 0 Å². The second-order valence-electron chi connectivity index (χ2n) is 3.27. The number of carbonyl (C=O) groups excluding carboxylic acids is 1. The van der Waals surface area contributed by atoms with Crippen LogP contribution in [-0.2, 0) is 4.79 Å². The van der Waals surface area contributed by atoms with E-state index in [1.165, 1.54) is 5.01 Å². The first-order chi connectivity index (χ1) is 7.50. The van der Waals surface area contributed by atoms with E-state index in [1.807, 2.05) is 0 Å². The fourth-order valence-corrected chi connectivity index (χ4v) is 1.37. The molecule has 0 heterocycles. The SMILES string of the molecule is CN(C)NC(=O)COc1cccc(Cl)c1Cl. The number of hydrazine groups is 1. The van der Waals surface area contributed by atoms with E-state index in [9.17, 15) is 4.79 Å². The number of carbonyl (C=O) groups is 1. The molecule has 0 aliphatic heterocycles. The molecule has 1 aromatic rings. The molecular formula is C10H12Cl2N2O2. The van der Waals surface area contributed by atoms with E-state index in [0.29, 0.717) is 15.8 Å². The molecule has 0 unspecified atom stereocenters. The summed E-state index contributed by atoms with van der Waals surface area (Å²) in [6, 6.07) is 5.00. The van der Waals surface area contributed by atoms with E-state index < -0.39 is 0 Å². The summed E-state index contributed by atoms with van der Waals surface area (Å²) in [6.45, 7) is -0.113. The number of hydrogen-bond donors (Lipinski definition) is 1. The summed E-state index contributed by atoms with van der Waals surface area (Å²) < 4.78 is 5.23. The standard InChI is InChI=1S/C10H12Cl2N2O2/c1-14(2)13-9(15)6-16-8-5-3-4-7(11)10(8)12/h3-5H,6H2,1-2H3,(H,13,15). The summed E-state index contributed by atoms with van der Waals surface area (Å²) in [5.74, 6) is 0.129. The fourth-order valence-electron chi connectivity index (χ4n) is 1.02. The lowest BCUT2D eigenvalue weighted by Gasteiger charge is -2.13. The van der Waals surface area contributed by atoms with Crippen LogP contribution in [0.5, 0.6) is 5.75 Å². The Morgan fingerprint density at radius 2 is 2.12 bits per heavy atom. The maximum absolute atomic E-state index is 11.3. The Labute approximate surface area is 104 Å². The minimum absolute atomic E-state index is 0.113. The van der Waals surface area contributed by atoms with Crippen LogP contribution in [0.3, 0.4) is 0 Å². The summed E-state index contributed by atoms with van der Waals surface area (Å²) in [4.78, 5) is 11.3. The number of amides is 1. The smallest absolute Gasteiger partial charge is 0.272 e. The number of nitrogens with one attached hydrogen (secondary N) is 1. The Hall–Kier alpha value is -0.970. The van der Waals surface area contributed by atoms with Gasteiger partial charge in [-0.25, -0.2) is 5.01 Å². The molecule has 16 heavy (non-hydrogen) atoms. The summed E-state index contributed by atoms with van der Waals surface area (Å²) in [6.07, 6.45) is 0. The molecule has 0 bridgehead atoms. The van der Waals surface area contributed by atoms with Crippen molar-refractivity contribution in [2.24, 2.45) is 0 Å². The van der Waals surface area contributed by atoms with Crippen LogP contribution in [0.1, 0.15) is 0 Å². The van der Waals surface area contributed by atoms with Crippen molar-refractivity contribution in [3.05, 3.63) is 28.2 Å². The molecule has 1 aromatic carbocycles. The Bertz CT molecular complexity index is 383. The minimum atomic E-state index is -0.263. The predicted molar refractivity (Wildman–Crippen MR) is 63.8 cm³/mol. The molecule has 0 atom stereocenters. The van der Waals surface area contributed by atoms with Crippen molar-refractivity contribution in [3.63, 3.8) is 0 Å². The van der Waals surface area contributed by atoms with Crippen LogP contribution in [0.2, 0.25) is 10.0 Å². The molecule has 0 fully saturated rings. The molecule has 88 valence electrons. The van der Waals surface area contributed by atoms with E-state index in [4.69, 9.17) is 27.9 Å². The van der Waals surface area contributed by atoms with Gasteiger partial charge in [-0.3, -0.25) is 10.2 Å². The highest BCUT2D eigenvalue weighted by molar-refractivity contribution is 6.42. The maximum Gasteiger partial charge on any atom is 0.272 e. The average molecular weight is 263 g/mol. The average Bonchev–Trinajstić information content (AvgIpc) is 2.19.